The second-order valence-electron chi connectivity index (χ2n) is 17.5. The lowest BCUT2D eigenvalue weighted by Gasteiger charge is -2.45. The van der Waals surface area contributed by atoms with E-state index in [0.717, 1.165) is 55.5 Å². The lowest BCUT2D eigenvalue weighted by molar-refractivity contribution is -0.143. The monoisotopic (exact) mass is 890 g/mol. The number of aromatic amines is 1. The maximum absolute atomic E-state index is 15.8. The Hall–Kier alpha value is -6.27. The molecule has 3 aromatic carbocycles. The highest BCUT2D eigenvalue weighted by Crippen LogP contribution is 2.40. The molecule has 1 atom stereocenters. The number of carbonyl (C=O) groups is 3. The Bertz CT molecular complexity index is 2730. The van der Waals surface area contributed by atoms with Gasteiger partial charge in [0.05, 0.1) is 34.6 Å². The summed E-state index contributed by atoms with van der Waals surface area (Å²) < 4.78 is 48.6. The fraction of sp³-hybridized carbons (Fsp3) is 0.413. The van der Waals surface area contributed by atoms with E-state index in [9.17, 15) is 22.8 Å². The highest BCUT2D eigenvalue weighted by atomic mass is 32.2. The molecular formula is C46H51FN10O6S. The molecule has 3 saturated heterocycles. The van der Waals surface area contributed by atoms with E-state index in [-0.39, 0.29) is 47.4 Å². The number of imide groups is 1. The van der Waals surface area contributed by atoms with Gasteiger partial charge >= 0.3 is 0 Å². The predicted octanol–water partition coefficient (Wildman–Crippen LogP) is 5.40. The van der Waals surface area contributed by atoms with E-state index in [1.54, 1.807) is 12.3 Å². The quantitative estimate of drug-likeness (QED) is 0.124. The average Bonchev–Trinajstić information content (AvgIpc) is 3.94. The number of para-hydroxylation sites is 1. The van der Waals surface area contributed by atoms with Crippen LogP contribution in [0.1, 0.15) is 55.6 Å². The van der Waals surface area contributed by atoms with E-state index >= 15 is 4.39 Å². The summed E-state index contributed by atoms with van der Waals surface area (Å²) in [6, 6.07) is 20.4. The van der Waals surface area contributed by atoms with Crippen molar-refractivity contribution in [3.05, 3.63) is 89.9 Å². The summed E-state index contributed by atoms with van der Waals surface area (Å²) >= 11 is 0. The van der Waals surface area contributed by atoms with E-state index in [0.29, 0.717) is 97.7 Å². The van der Waals surface area contributed by atoms with Crippen LogP contribution in [0.4, 0.5) is 38.9 Å². The number of aromatic nitrogens is 3. The van der Waals surface area contributed by atoms with E-state index in [4.69, 9.17) is 9.72 Å². The van der Waals surface area contributed by atoms with E-state index < -0.39 is 10.0 Å². The summed E-state index contributed by atoms with van der Waals surface area (Å²) in [4.78, 5) is 56.4. The minimum Gasteiger partial charge on any atom is -0.490 e. The number of piperidine rings is 2. The van der Waals surface area contributed by atoms with E-state index in [2.05, 4.69) is 35.7 Å². The Morgan fingerprint density at radius 1 is 0.875 bits per heavy atom. The Morgan fingerprint density at radius 2 is 1.67 bits per heavy atom. The second-order valence-corrected chi connectivity index (χ2v) is 19.4. The summed E-state index contributed by atoms with van der Waals surface area (Å²) in [7, 11) is -3.48. The third kappa shape index (κ3) is 8.43. The fourth-order valence-corrected chi connectivity index (χ4v) is 10.9. The van der Waals surface area contributed by atoms with Gasteiger partial charge in [0, 0.05) is 76.1 Å². The van der Waals surface area contributed by atoms with Gasteiger partial charge in [-0.2, -0.15) is 9.97 Å². The molecule has 6 heterocycles. The molecule has 334 valence electrons. The molecule has 3 amide bonds. The summed E-state index contributed by atoms with van der Waals surface area (Å²) in [5.74, 6) is 0.298. The number of ether oxygens (including phenoxy) is 1. The van der Waals surface area contributed by atoms with Gasteiger partial charge in [0.1, 0.15) is 29.1 Å². The number of amides is 3. The minimum absolute atomic E-state index is 0.0551. The van der Waals surface area contributed by atoms with Crippen LogP contribution < -0.4 is 29.9 Å². The van der Waals surface area contributed by atoms with E-state index in [1.807, 2.05) is 59.5 Å². The lowest BCUT2D eigenvalue weighted by Crippen LogP contribution is -2.56. The molecule has 4 aliphatic heterocycles. The van der Waals surface area contributed by atoms with Crippen LogP contribution in [-0.2, 0) is 30.8 Å². The number of halogens is 1. The van der Waals surface area contributed by atoms with Crippen molar-refractivity contribution in [2.24, 2.45) is 5.92 Å². The number of H-pyrrole nitrogens is 1. The molecule has 18 heteroatoms. The molecule has 4 N–H and O–H groups in total. The molecule has 5 aromatic rings. The molecule has 5 aliphatic rings. The predicted molar refractivity (Wildman–Crippen MR) is 241 cm³/mol. The average molecular weight is 891 g/mol. The maximum Gasteiger partial charge on any atom is 0.234 e. The summed E-state index contributed by atoms with van der Waals surface area (Å²) in [6.07, 6.45) is 7.44. The van der Waals surface area contributed by atoms with Crippen LogP contribution in [0.15, 0.2) is 72.9 Å². The number of hydrogen-bond acceptors (Lipinski definition) is 12. The second kappa shape index (κ2) is 17.0. The number of sulfonamides is 1. The normalized spacial score (nSPS) is 22.0. The van der Waals surface area contributed by atoms with Crippen molar-refractivity contribution in [3.8, 4) is 5.75 Å². The first-order valence-electron chi connectivity index (χ1n) is 22.1. The zero-order chi connectivity index (χ0) is 44.1. The van der Waals surface area contributed by atoms with Gasteiger partial charge in [-0.15, -0.1) is 0 Å². The van der Waals surface area contributed by atoms with Crippen molar-refractivity contribution in [3.63, 3.8) is 0 Å². The van der Waals surface area contributed by atoms with Crippen molar-refractivity contribution in [2.45, 2.75) is 63.0 Å². The topological polar surface area (TPSA) is 185 Å². The molecule has 16 nitrogen and oxygen atoms in total. The first kappa shape index (κ1) is 41.7. The van der Waals surface area contributed by atoms with Crippen molar-refractivity contribution in [2.75, 3.05) is 71.9 Å². The first-order chi connectivity index (χ1) is 30.9. The van der Waals surface area contributed by atoms with Crippen LogP contribution in [0, 0.1) is 11.7 Å². The Kier molecular flexibility index (Phi) is 11.1. The molecule has 1 saturated carbocycles. The Morgan fingerprint density at radius 3 is 2.44 bits per heavy atom. The number of benzene rings is 3. The maximum atomic E-state index is 15.8. The lowest BCUT2D eigenvalue weighted by atomic mass is 9.81. The van der Waals surface area contributed by atoms with Crippen LogP contribution in [-0.4, -0.2) is 115 Å². The van der Waals surface area contributed by atoms with Gasteiger partial charge in [0.2, 0.25) is 33.7 Å². The molecule has 4 fully saturated rings. The number of fused-ring (bicyclic) bond motifs is 2. The van der Waals surface area contributed by atoms with Crippen LogP contribution in [0.3, 0.4) is 0 Å². The number of anilines is 6. The largest absolute Gasteiger partial charge is 0.490 e. The standard InChI is InChI=1S/C46H51FN10O6S/c1-64(61,62)57-19-13-28-4-3-7-38(41(28)57)50-43-36-12-16-48-42(36)52-46(53-43)49-31-8-10-39(37(47)27-31)55-17-14-32(15-18-55)54-20-22-56(23-21-54)45(60)30-25-34(26-30)63-33-6-2-5-29(24-33)35-9-11-40(58)51-44(35)59/h2-8,10,12,16,24,27,30,32,34-35H,9,11,13-15,17-23,25-26H2,1H3,(H,51,58,59)(H3,48,49,50,52,53)/t30-,34+,35?. The third-order valence-electron chi connectivity index (χ3n) is 13.4. The van der Waals surface area contributed by atoms with Crippen LogP contribution in [0.5, 0.6) is 5.75 Å². The molecule has 0 radical (unpaired) electrons. The Balaban J connectivity index is 0.698. The van der Waals surface area contributed by atoms with Gasteiger partial charge < -0.3 is 30.2 Å². The smallest absolute Gasteiger partial charge is 0.234 e. The summed E-state index contributed by atoms with van der Waals surface area (Å²) in [5.41, 5.74) is 4.58. The molecular weight excluding hydrogens is 840 g/mol. The van der Waals surface area contributed by atoms with Gasteiger partial charge in [0.15, 0.2) is 0 Å². The van der Waals surface area contributed by atoms with Gasteiger partial charge in [-0.3, -0.25) is 28.9 Å². The fourth-order valence-electron chi connectivity index (χ4n) is 9.95. The van der Waals surface area contributed by atoms with Gasteiger partial charge in [-0.1, -0.05) is 24.3 Å². The number of piperazine rings is 1. The highest BCUT2D eigenvalue weighted by molar-refractivity contribution is 7.92. The highest BCUT2D eigenvalue weighted by Gasteiger charge is 2.40. The van der Waals surface area contributed by atoms with Crippen LogP contribution in [0.2, 0.25) is 0 Å². The van der Waals surface area contributed by atoms with Crippen LogP contribution >= 0.6 is 0 Å². The van der Waals surface area contributed by atoms with Crippen LogP contribution in [0.25, 0.3) is 11.0 Å². The summed E-state index contributed by atoms with van der Waals surface area (Å²) in [5, 5.41) is 9.65. The molecule has 2 aromatic heterocycles. The van der Waals surface area contributed by atoms with Crippen molar-refractivity contribution >= 4 is 73.3 Å². The van der Waals surface area contributed by atoms with Gasteiger partial charge in [-0.05, 0) is 92.1 Å². The Labute approximate surface area is 370 Å². The number of nitrogens with one attached hydrogen (secondary N) is 4. The number of carbonyl (C=O) groups excluding carboxylic acids is 3. The number of hydrogen-bond donors (Lipinski definition) is 4. The van der Waals surface area contributed by atoms with Crippen molar-refractivity contribution in [1.82, 2.24) is 30.1 Å². The molecule has 10 rings (SSSR count). The van der Waals surface area contributed by atoms with Gasteiger partial charge in [0.25, 0.3) is 0 Å². The van der Waals surface area contributed by atoms with Crippen molar-refractivity contribution < 1.29 is 31.9 Å². The molecule has 1 aliphatic carbocycles. The number of nitrogens with zero attached hydrogens (tertiary/aromatic N) is 6. The molecule has 0 bridgehead atoms. The third-order valence-corrected chi connectivity index (χ3v) is 14.6. The van der Waals surface area contributed by atoms with Crippen molar-refractivity contribution in [1.29, 1.82) is 0 Å². The molecule has 1 unspecified atom stereocenters. The first-order valence-corrected chi connectivity index (χ1v) is 23.9. The summed E-state index contributed by atoms with van der Waals surface area (Å²) in [6.45, 7) is 4.80. The minimum atomic E-state index is -3.48. The zero-order valence-electron chi connectivity index (χ0n) is 35.6. The SMILES string of the molecule is CS(=O)(=O)N1CCc2cccc(Nc3nc(Nc4ccc(N5CCC(N6CCN(C(=O)[C@H]7C[C@@H](Oc8cccc(C9CCC(=O)NC9=O)c8)C7)CC6)CC5)c(F)c4)nc4[nH]ccc34)c21. The van der Waals surface area contributed by atoms with Gasteiger partial charge in [-0.25, -0.2) is 12.8 Å². The number of rotatable bonds is 11. The molecule has 64 heavy (non-hydrogen) atoms. The zero-order valence-corrected chi connectivity index (χ0v) is 36.4. The van der Waals surface area contributed by atoms with E-state index in [1.165, 1.54) is 16.6 Å². The molecule has 0 spiro atoms.